The van der Waals surface area contributed by atoms with Gasteiger partial charge in [-0.05, 0) is 30.7 Å². The number of hydrogen-bond acceptors (Lipinski definition) is 4. The number of ketones is 1. The monoisotopic (exact) mass is 401 g/mol. The summed E-state index contributed by atoms with van der Waals surface area (Å²) in [4.78, 5) is 45.9. The third kappa shape index (κ3) is 3.94. The van der Waals surface area contributed by atoms with Crippen LogP contribution in [-0.2, 0) is 4.79 Å². The zero-order valence-corrected chi connectivity index (χ0v) is 16.8. The van der Waals surface area contributed by atoms with Crippen LogP contribution in [0, 0.1) is 0 Å². The van der Waals surface area contributed by atoms with Gasteiger partial charge in [-0.1, -0.05) is 48.5 Å². The summed E-state index contributed by atoms with van der Waals surface area (Å²) in [5, 5.41) is 0. The van der Waals surface area contributed by atoms with Gasteiger partial charge in [-0.3, -0.25) is 19.4 Å². The van der Waals surface area contributed by atoms with Crippen LogP contribution in [0.3, 0.4) is 0 Å². The molecule has 0 aliphatic carbocycles. The Kier molecular flexibility index (Phi) is 5.57. The first-order chi connectivity index (χ1) is 14.5. The standard InChI is InChI=1S/C24H23N3O3/c1-17-16-26(23(29)20-6-3-2-4-7-20)14-15-27(17)24(30)22(28)19-11-9-18(10-12-19)21-8-5-13-25-21/h2-13,17,21H,14-16H2,1H3/t17-,21?/m1/s1. The van der Waals surface area contributed by atoms with Crippen LogP contribution in [0.1, 0.15) is 39.2 Å². The highest BCUT2D eigenvalue weighted by Gasteiger charge is 2.33. The van der Waals surface area contributed by atoms with Crippen molar-refractivity contribution in [1.29, 1.82) is 0 Å². The van der Waals surface area contributed by atoms with Gasteiger partial charge in [0.15, 0.2) is 0 Å². The number of allylic oxidation sites excluding steroid dienone is 1. The molecule has 0 saturated carbocycles. The van der Waals surface area contributed by atoms with Gasteiger partial charge in [-0.15, -0.1) is 0 Å². The van der Waals surface area contributed by atoms with Crippen molar-refractivity contribution < 1.29 is 14.4 Å². The van der Waals surface area contributed by atoms with E-state index in [1.54, 1.807) is 40.3 Å². The van der Waals surface area contributed by atoms with E-state index in [2.05, 4.69) is 4.99 Å². The van der Waals surface area contributed by atoms with E-state index in [1.165, 1.54) is 0 Å². The van der Waals surface area contributed by atoms with E-state index in [-0.39, 0.29) is 18.0 Å². The Morgan fingerprint density at radius 2 is 1.67 bits per heavy atom. The topological polar surface area (TPSA) is 70.1 Å². The highest BCUT2D eigenvalue weighted by Crippen LogP contribution is 2.22. The van der Waals surface area contributed by atoms with E-state index in [1.807, 2.05) is 49.4 Å². The van der Waals surface area contributed by atoms with E-state index in [9.17, 15) is 14.4 Å². The maximum atomic E-state index is 12.8. The van der Waals surface area contributed by atoms with Crippen LogP contribution in [0.5, 0.6) is 0 Å². The molecule has 2 aromatic carbocycles. The lowest BCUT2D eigenvalue weighted by atomic mass is 10.0. The van der Waals surface area contributed by atoms with Crippen molar-refractivity contribution in [3.05, 3.63) is 83.4 Å². The van der Waals surface area contributed by atoms with Gasteiger partial charge in [-0.25, -0.2) is 0 Å². The van der Waals surface area contributed by atoms with Gasteiger partial charge in [0, 0.05) is 43.0 Å². The molecule has 0 N–H and O–H groups in total. The van der Waals surface area contributed by atoms with Crippen molar-refractivity contribution in [2.24, 2.45) is 4.99 Å². The van der Waals surface area contributed by atoms with Crippen LogP contribution in [0.25, 0.3) is 0 Å². The minimum Gasteiger partial charge on any atom is -0.335 e. The molecule has 152 valence electrons. The van der Waals surface area contributed by atoms with Crippen LogP contribution < -0.4 is 0 Å². The van der Waals surface area contributed by atoms with E-state index in [4.69, 9.17) is 0 Å². The summed E-state index contributed by atoms with van der Waals surface area (Å²) in [5.74, 6) is -1.11. The number of aliphatic imine (C=N–C) groups is 1. The maximum Gasteiger partial charge on any atom is 0.295 e. The molecule has 2 aromatic rings. The first kappa shape index (κ1) is 19.8. The Hall–Kier alpha value is -3.54. The fraction of sp³-hybridized carbons (Fsp3) is 0.250. The molecule has 2 aliphatic heterocycles. The number of carbonyl (C=O) groups excluding carboxylic acids is 3. The molecule has 2 heterocycles. The van der Waals surface area contributed by atoms with Crippen molar-refractivity contribution in [3.63, 3.8) is 0 Å². The SMILES string of the molecule is C[C@@H]1CN(C(=O)c2ccccc2)CCN1C(=O)C(=O)c1ccc(C2C=CC=N2)cc1. The lowest BCUT2D eigenvalue weighted by Crippen LogP contribution is -2.56. The van der Waals surface area contributed by atoms with Gasteiger partial charge < -0.3 is 9.80 Å². The molecule has 2 aliphatic rings. The minimum atomic E-state index is -0.527. The summed E-state index contributed by atoms with van der Waals surface area (Å²) in [5.41, 5.74) is 1.97. The van der Waals surface area contributed by atoms with Crippen LogP contribution >= 0.6 is 0 Å². The van der Waals surface area contributed by atoms with Gasteiger partial charge in [0.05, 0.1) is 6.04 Å². The summed E-state index contributed by atoms with van der Waals surface area (Å²) < 4.78 is 0. The molecule has 0 aromatic heterocycles. The highest BCUT2D eigenvalue weighted by molar-refractivity contribution is 6.42. The number of hydrogen-bond donors (Lipinski definition) is 0. The first-order valence-corrected chi connectivity index (χ1v) is 10.0. The lowest BCUT2D eigenvalue weighted by Gasteiger charge is -2.39. The Morgan fingerprint density at radius 1 is 0.933 bits per heavy atom. The van der Waals surface area contributed by atoms with Gasteiger partial charge in [-0.2, -0.15) is 0 Å². The predicted molar refractivity (Wildman–Crippen MR) is 115 cm³/mol. The number of nitrogens with zero attached hydrogens (tertiary/aromatic N) is 3. The summed E-state index contributed by atoms with van der Waals surface area (Å²) in [6.45, 7) is 3.01. The fourth-order valence-corrected chi connectivity index (χ4v) is 3.84. The molecule has 0 radical (unpaired) electrons. The average Bonchev–Trinajstić information content (AvgIpc) is 3.33. The van der Waals surface area contributed by atoms with Crippen LogP contribution in [0.15, 0.2) is 71.7 Å². The zero-order chi connectivity index (χ0) is 21.1. The molecule has 30 heavy (non-hydrogen) atoms. The van der Waals surface area contributed by atoms with Gasteiger partial charge >= 0.3 is 0 Å². The number of amides is 2. The van der Waals surface area contributed by atoms with Crippen LogP contribution in [0.4, 0.5) is 0 Å². The second-order valence-corrected chi connectivity index (χ2v) is 7.54. The quantitative estimate of drug-likeness (QED) is 0.584. The van der Waals surface area contributed by atoms with E-state index in [0.717, 1.165) is 5.56 Å². The fourth-order valence-electron chi connectivity index (χ4n) is 3.84. The van der Waals surface area contributed by atoms with Crippen LogP contribution in [0.2, 0.25) is 0 Å². The van der Waals surface area contributed by atoms with Crippen LogP contribution in [-0.4, -0.2) is 59.3 Å². The molecule has 2 atom stereocenters. The van der Waals surface area contributed by atoms with Crippen molar-refractivity contribution >= 4 is 23.8 Å². The van der Waals surface area contributed by atoms with Crippen molar-refractivity contribution in [2.45, 2.75) is 19.0 Å². The second kappa shape index (κ2) is 8.45. The normalized spacial score (nSPS) is 20.4. The molecule has 1 saturated heterocycles. The molecule has 0 spiro atoms. The number of piperazine rings is 1. The van der Waals surface area contributed by atoms with E-state index in [0.29, 0.717) is 30.8 Å². The Labute approximate surface area is 175 Å². The lowest BCUT2D eigenvalue weighted by molar-refractivity contribution is -0.130. The third-order valence-corrected chi connectivity index (χ3v) is 5.53. The maximum absolute atomic E-state index is 12.8. The summed E-state index contributed by atoms with van der Waals surface area (Å²) in [6, 6.07) is 15.8. The first-order valence-electron chi connectivity index (χ1n) is 10.0. The Bertz CT molecular complexity index is 1000. The van der Waals surface area contributed by atoms with Gasteiger partial charge in [0.25, 0.3) is 11.8 Å². The molecule has 6 nitrogen and oxygen atoms in total. The number of carbonyl (C=O) groups is 3. The smallest absolute Gasteiger partial charge is 0.295 e. The van der Waals surface area contributed by atoms with Crippen molar-refractivity contribution in [2.75, 3.05) is 19.6 Å². The summed E-state index contributed by atoms with van der Waals surface area (Å²) in [7, 11) is 0. The molecule has 6 heteroatoms. The average molecular weight is 401 g/mol. The van der Waals surface area contributed by atoms with Crippen molar-refractivity contribution in [1.82, 2.24) is 9.80 Å². The number of Topliss-reactive ketones (excluding diaryl/α,β-unsaturated/α-hetero) is 1. The summed E-state index contributed by atoms with van der Waals surface area (Å²) in [6.07, 6.45) is 5.60. The molecule has 4 rings (SSSR count). The zero-order valence-electron chi connectivity index (χ0n) is 16.8. The van der Waals surface area contributed by atoms with E-state index >= 15 is 0 Å². The largest absolute Gasteiger partial charge is 0.335 e. The minimum absolute atomic E-state index is 0.0277. The second-order valence-electron chi connectivity index (χ2n) is 7.54. The number of benzene rings is 2. The predicted octanol–water partition coefficient (Wildman–Crippen LogP) is 2.92. The molecule has 1 unspecified atom stereocenters. The third-order valence-electron chi connectivity index (χ3n) is 5.53. The van der Waals surface area contributed by atoms with E-state index < -0.39 is 11.7 Å². The Morgan fingerprint density at radius 3 is 2.30 bits per heavy atom. The molecule has 1 fully saturated rings. The van der Waals surface area contributed by atoms with Gasteiger partial charge in [0.2, 0.25) is 5.78 Å². The molecular formula is C24H23N3O3. The Balaban J connectivity index is 1.40. The molecular weight excluding hydrogens is 378 g/mol. The molecule has 0 bridgehead atoms. The van der Waals surface area contributed by atoms with Gasteiger partial charge in [0.1, 0.15) is 0 Å². The highest BCUT2D eigenvalue weighted by atomic mass is 16.2. The molecule has 2 amide bonds. The number of rotatable bonds is 4. The van der Waals surface area contributed by atoms with Crippen molar-refractivity contribution in [3.8, 4) is 0 Å². The summed E-state index contributed by atoms with van der Waals surface area (Å²) >= 11 is 0.